The van der Waals surface area contributed by atoms with Gasteiger partial charge in [0.15, 0.2) is 0 Å². The number of anilines is 1. The fourth-order valence-electron chi connectivity index (χ4n) is 7.53. The maximum Gasteiger partial charge on any atom is 0.410 e. The smallest absolute Gasteiger partial charge is 0.410 e. The van der Waals surface area contributed by atoms with Crippen LogP contribution >= 0.6 is 23.2 Å². The van der Waals surface area contributed by atoms with E-state index in [9.17, 15) is 18.8 Å². The number of benzene rings is 4. The Balaban J connectivity index is 1.16. The monoisotopic (exact) mass is 818 g/mol. The SMILES string of the molecule is COCC(C)N(Cc1cc(F)ccc1N1CCN(C(=O)C(Cc2ccc(Cl)cc2Cl)NC(=O)OC(C)(C)C)CC1)C(=O)OCC1c2ccccc2-c2ccccc21. The summed E-state index contributed by atoms with van der Waals surface area (Å²) in [6.45, 7) is 9.06. The molecule has 4 aromatic rings. The van der Waals surface area contributed by atoms with E-state index in [0.29, 0.717) is 47.4 Å². The van der Waals surface area contributed by atoms with Gasteiger partial charge in [-0.15, -0.1) is 0 Å². The van der Waals surface area contributed by atoms with Crippen LogP contribution in [0.25, 0.3) is 11.1 Å². The van der Waals surface area contributed by atoms with Crippen molar-refractivity contribution in [1.29, 1.82) is 0 Å². The van der Waals surface area contributed by atoms with Crippen molar-refractivity contribution in [2.45, 2.75) is 64.3 Å². The number of rotatable bonds is 12. The molecule has 2 unspecified atom stereocenters. The second kappa shape index (κ2) is 18.2. The van der Waals surface area contributed by atoms with Crippen LogP contribution in [0.15, 0.2) is 84.9 Å². The molecule has 2 aliphatic rings. The van der Waals surface area contributed by atoms with Crippen molar-refractivity contribution in [2.75, 3.05) is 51.4 Å². The number of methoxy groups -OCH3 is 1. The molecule has 4 aromatic carbocycles. The summed E-state index contributed by atoms with van der Waals surface area (Å²) in [6.07, 6.45) is -1.12. The van der Waals surface area contributed by atoms with Crippen molar-refractivity contribution in [2.24, 2.45) is 0 Å². The third-order valence-electron chi connectivity index (χ3n) is 10.3. The standard InChI is InChI=1S/C44H49Cl2FN4O6/c1-28(26-55-5)51(43(54)56-27-37-35-12-8-6-10-33(35)34-11-7-9-13-36(34)37)25-30-22-32(47)16-17-40(30)49-18-20-50(21-19-49)41(52)39(48-42(53)57-44(2,3)4)23-29-14-15-31(45)24-38(29)46/h6-17,22,24,28,37,39H,18-21,23,25-27H2,1-5H3,(H,48,53). The van der Waals surface area contributed by atoms with E-state index in [0.717, 1.165) is 27.9 Å². The molecule has 0 bridgehead atoms. The van der Waals surface area contributed by atoms with E-state index in [-0.39, 0.29) is 44.0 Å². The van der Waals surface area contributed by atoms with E-state index in [1.165, 1.54) is 12.1 Å². The maximum absolute atomic E-state index is 15.0. The van der Waals surface area contributed by atoms with Gasteiger partial charge in [0.1, 0.15) is 24.1 Å². The molecular formula is C44H49Cl2FN4O6. The quantitative estimate of drug-likeness (QED) is 0.153. The highest BCUT2D eigenvalue weighted by atomic mass is 35.5. The van der Waals surface area contributed by atoms with Gasteiger partial charge in [0, 0.05) is 61.4 Å². The Morgan fingerprint density at radius 2 is 1.54 bits per heavy atom. The highest BCUT2D eigenvalue weighted by Gasteiger charge is 2.34. The summed E-state index contributed by atoms with van der Waals surface area (Å²) in [5.74, 6) is -0.848. The average molecular weight is 820 g/mol. The number of fused-ring (bicyclic) bond motifs is 3. The molecule has 3 amide bonds. The lowest BCUT2D eigenvalue weighted by atomic mass is 9.98. The molecule has 0 aromatic heterocycles. The highest BCUT2D eigenvalue weighted by molar-refractivity contribution is 6.35. The van der Waals surface area contributed by atoms with Crippen LogP contribution in [0.2, 0.25) is 10.0 Å². The molecule has 13 heteroatoms. The van der Waals surface area contributed by atoms with Crippen molar-refractivity contribution < 1.29 is 33.0 Å². The molecule has 0 radical (unpaired) electrons. The van der Waals surface area contributed by atoms with Gasteiger partial charge >= 0.3 is 12.2 Å². The van der Waals surface area contributed by atoms with Gasteiger partial charge in [-0.2, -0.15) is 0 Å². The maximum atomic E-state index is 15.0. The Kier molecular flexibility index (Phi) is 13.3. The van der Waals surface area contributed by atoms with Crippen LogP contribution in [0.3, 0.4) is 0 Å². The molecule has 1 heterocycles. The van der Waals surface area contributed by atoms with Crippen molar-refractivity contribution >= 4 is 47.0 Å². The van der Waals surface area contributed by atoms with Crippen LogP contribution in [0.5, 0.6) is 0 Å². The first-order valence-electron chi connectivity index (χ1n) is 19.1. The first-order valence-corrected chi connectivity index (χ1v) is 19.8. The molecular weight excluding hydrogens is 770 g/mol. The van der Waals surface area contributed by atoms with Crippen LogP contribution in [-0.2, 0) is 32.0 Å². The lowest BCUT2D eigenvalue weighted by Crippen LogP contribution is -2.56. The average Bonchev–Trinajstić information content (AvgIpc) is 3.49. The molecule has 6 rings (SSSR count). The fraction of sp³-hybridized carbons (Fsp3) is 0.386. The van der Waals surface area contributed by atoms with Gasteiger partial charge in [0.05, 0.1) is 19.2 Å². The summed E-state index contributed by atoms with van der Waals surface area (Å²) in [5.41, 5.74) is 5.68. The molecule has 302 valence electrons. The molecule has 1 aliphatic carbocycles. The Morgan fingerprint density at radius 1 is 0.895 bits per heavy atom. The Hall–Kier alpha value is -4.84. The van der Waals surface area contributed by atoms with Gasteiger partial charge in [0.25, 0.3) is 0 Å². The van der Waals surface area contributed by atoms with Crippen LogP contribution in [0.4, 0.5) is 19.7 Å². The number of nitrogens with zero attached hydrogens (tertiary/aromatic N) is 3. The molecule has 10 nitrogen and oxygen atoms in total. The third kappa shape index (κ3) is 10.2. The van der Waals surface area contributed by atoms with E-state index in [4.69, 9.17) is 37.4 Å². The zero-order valence-corrected chi connectivity index (χ0v) is 34.4. The molecule has 1 aliphatic heterocycles. The summed E-state index contributed by atoms with van der Waals surface area (Å²) in [4.78, 5) is 46.2. The van der Waals surface area contributed by atoms with E-state index in [2.05, 4.69) is 34.5 Å². The molecule has 0 spiro atoms. The first-order chi connectivity index (χ1) is 27.2. The number of hydrogen-bond donors (Lipinski definition) is 1. The first kappa shape index (κ1) is 41.8. The summed E-state index contributed by atoms with van der Waals surface area (Å²) in [7, 11) is 1.57. The predicted molar refractivity (Wildman–Crippen MR) is 220 cm³/mol. The lowest BCUT2D eigenvalue weighted by Gasteiger charge is -2.39. The third-order valence-corrected chi connectivity index (χ3v) is 10.8. The van der Waals surface area contributed by atoms with Gasteiger partial charge in [-0.05, 0) is 91.4 Å². The molecule has 2 atom stereocenters. The minimum absolute atomic E-state index is 0.0666. The van der Waals surface area contributed by atoms with Crippen molar-refractivity contribution in [1.82, 2.24) is 15.1 Å². The largest absolute Gasteiger partial charge is 0.448 e. The van der Waals surface area contributed by atoms with Crippen LogP contribution < -0.4 is 10.2 Å². The van der Waals surface area contributed by atoms with Gasteiger partial charge < -0.3 is 29.3 Å². The van der Waals surface area contributed by atoms with E-state index in [1.54, 1.807) is 61.9 Å². The zero-order chi connectivity index (χ0) is 40.9. The van der Waals surface area contributed by atoms with Gasteiger partial charge in [0.2, 0.25) is 5.91 Å². The van der Waals surface area contributed by atoms with E-state index in [1.807, 2.05) is 31.2 Å². The Labute approximate surface area is 343 Å². The number of nitrogens with one attached hydrogen (secondary N) is 1. The van der Waals surface area contributed by atoms with E-state index < -0.39 is 29.6 Å². The predicted octanol–water partition coefficient (Wildman–Crippen LogP) is 8.70. The number of piperazine rings is 1. The molecule has 1 N–H and O–H groups in total. The topological polar surface area (TPSA) is 101 Å². The van der Waals surface area contributed by atoms with Crippen LogP contribution in [0.1, 0.15) is 55.9 Å². The van der Waals surface area contributed by atoms with Gasteiger partial charge in [-0.25, -0.2) is 14.0 Å². The number of carbonyl (C=O) groups excluding carboxylic acids is 3. The summed E-state index contributed by atoms with van der Waals surface area (Å²) >= 11 is 12.6. The number of halogens is 3. The highest BCUT2D eigenvalue weighted by Crippen LogP contribution is 2.44. The second-order valence-corrected chi connectivity index (χ2v) is 16.3. The van der Waals surface area contributed by atoms with Crippen molar-refractivity contribution in [3.8, 4) is 11.1 Å². The van der Waals surface area contributed by atoms with E-state index >= 15 is 0 Å². The Bertz CT molecular complexity index is 2040. The number of carbonyl (C=O) groups is 3. The number of amides is 3. The van der Waals surface area contributed by atoms with Crippen LogP contribution in [0, 0.1) is 5.82 Å². The number of hydrogen-bond acceptors (Lipinski definition) is 7. The minimum atomic E-state index is -0.959. The molecule has 1 fully saturated rings. The van der Waals surface area contributed by atoms with Crippen molar-refractivity contribution in [3.63, 3.8) is 0 Å². The Morgan fingerprint density at radius 3 is 2.16 bits per heavy atom. The summed E-state index contributed by atoms with van der Waals surface area (Å²) in [6, 6.07) is 24.5. The number of alkyl carbamates (subject to hydrolysis) is 1. The minimum Gasteiger partial charge on any atom is -0.448 e. The van der Waals surface area contributed by atoms with Gasteiger partial charge in [-0.1, -0.05) is 77.8 Å². The second-order valence-electron chi connectivity index (χ2n) is 15.5. The summed E-state index contributed by atoms with van der Waals surface area (Å²) < 4.78 is 31.9. The zero-order valence-electron chi connectivity index (χ0n) is 32.9. The molecule has 57 heavy (non-hydrogen) atoms. The summed E-state index contributed by atoms with van der Waals surface area (Å²) in [5, 5.41) is 3.59. The number of ether oxygens (including phenoxy) is 3. The lowest BCUT2D eigenvalue weighted by molar-refractivity contribution is -0.133. The molecule has 1 saturated heterocycles. The van der Waals surface area contributed by atoms with Crippen molar-refractivity contribution in [3.05, 3.63) is 123 Å². The fourth-order valence-corrected chi connectivity index (χ4v) is 8.01. The van der Waals surface area contributed by atoms with Crippen LogP contribution in [-0.4, -0.2) is 92.1 Å². The normalized spacial score (nSPS) is 15.0. The van der Waals surface area contributed by atoms with Gasteiger partial charge in [-0.3, -0.25) is 9.69 Å². The molecule has 0 saturated carbocycles.